The Kier molecular flexibility index (Phi) is 6.65. The highest BCUT2D eigenvalue weighted by Gasteiger charge is 2.16. The van der Waals surface area contributed by atoms with Crippen molar-refractivity contribution in [3.8, 4) is 5.69 Å². The van der Waals surface area contributed by atoms with E-state index >= 15 is 0 Å². The van der Waals surface area contributed by atoms with Gasteiger partial charge >= 0.3 is 0 Å². The van der Waals surface area contributed by atoms with Crippen LogP contribution in [0.5, 0.6) is 0 Å². The summed E-state index contributed by atoms with van der Waals surface area (Å²) in [6.07, 6.45) is 1.05. The molecule has 0 saturated heterocycles. The molecule has 0 aliphatic rings. The first kappa shape index (κ1) is 23.1. The van der Waals surface area contributed by atoms with Gasteiger partial charge in [-0.15, -0.1) is 0 Å². The molecule has 0 atom stereocenters. The van der Waals surface area contributed by atoms with Crippen molar-refractivity contribution >= 4 is 39.1 Å². The highest BCUT2D eigenvalue weighted by atomic mass is 79.9. The van der Waals surface area contributed by atoms with Gasteiger partial charge in [-0.1, -0.05) is 24.3 Å². The minimum atomic E-state index is -0.945. The molecular weight excluding hydrogens is 508 g/mol. The van der Waals surface area contributed by atoms with Gasteiger partial charge in [0, 0.05) is 28.0 Å². The Morgan fingerprint density at radius 2 is 1.41 bits per heavy atom. The van der Waals surface area contributed by atoms with E-state index in [0.717, 1.165) is 29.0 Å². The fraction of sp³-hybridized carbons (Fsp3) is 0. The fourth-order valence-electron chi connectivity index (χ4n) is 3.20. The number of rotatable bonds is 5. The summed E-state index contributed by atoms with van der Waals surface area (Å²) in [5.74, 6) is -2.91. The van der Waals surface area contributed by atoms with E-state index in [1.165, 1.54) is 18.2 Å². The van der Waals surface area contributed by atoms with Crippen molar-refractivity contribution in [2.45, 2.75) is 0 Å². The molecule has 0 fully saturated rings. The second kappa shape index (κ2) is 9.80. The van der Waals surface area contributed by atoms with Gasteiger partial charge in [-0.05, 0) is 64.5 Å². The predicted octanol–water partition coefficient (Wildman–Crippen LogP) is 5.38. The summed E-state index contributed by atoms with van der Waals surface area (Å²) < 4.78 is 29.6. The molecule has 0 spiro atoms. The van der Waals surface area contributed by atoms with E-state index in [-0.39, 0.29) is 11.5 Å². The Morgan fingerprint density at radius 3 is 2.12 bits per heavy atom. The van der Waals surface area contributed by atoms with Crippen LogP contribution in [0.1, 0.15) is 20.7 Å². The van der Waals surface area contributed by atoms with Crippen molar-refractivity contribution in [2.24, 2.45) is 0 Å². The van der Waals surface area contributed by atoms with Gasteiger partial charge in [-0.25, -0.2) is 8.78 Å². The van der Waals surface area contributed by atoms with Crippen LogP contribution in [0.3, 0.4) is 0 Å². The SMILES string of the molecule is O=C(Nc1ccccc1)c1ccc(Br)c(NC(=O)c2ccc(=O)n(-c3c(F)cccc3F)c2)c1. The van der Waals surface area contributed by atoms with Crippen LogP contribution in [0.4, 0.5) is 20.2 Å². The lowest BCUT2D eigenvalue weighted by atomic mass is 10.1. The molecule has 0 bridgehead atoms. The van der Waals surface area contributed by atoms with Crippen LogP contribution in [0.2, 0.25) is 0 Å². The molecular formula is C25H16BrF2N3O3. The van der Waals surface area contributed by atoms with Gasteiger partial charge in [0.15, 0.2) is 0 Å². The Labute approximate surface area is 201 Å². The number of halogens is 3. The standard InChI is InChI=1S/C25H16BrF2N3O3/c26-18-11-9-15(24(33)29-17-5-2-1-3-6-17)13-21(18)30-25(34)16-10-12-22(32)31(14-16)23-19(27)7-4-8-20(23)28/h1-14H,(H,29,33)(H,30,34). The summed E-state index contributed by atoms with van der Waals surface area (Å²) in [5.41, 5.74) is -0.109. The van der Waals surface area contributed by atoms with Gasteiger partial charge in [0.2, 0.25) is 0 Å². The summed E-state index contributed by atoms with van der Waals surface area (Å²) in [6, 6.07) is 19.0. The van der Waals surface area contributed by atoms with Crippen LogP contribution in [-0.2, 0) is 0 Å². The maximum absolute atomic E-state index is 14.2. The Bertz CT molecular complexity index is 1440. The Morgan fingerprint density at radius 1 is 0.765 bits per heavy atom. The summed E-state index contributed by atoms with van der Waals surface area (Å²) in [6.45, 7) is 0. The van der Waals surface area contributed by atoms with E-state index in [0.29, 0.717) is 21.4 Å². The number of hydrogen-bond donors (Lipinski definition) is 2. The quantitative estimate of drug-likeness (QED) is 0.368. The van der Waals surface area contributed by atoms with Gasteiger partial charge in [-0.3, -0.25) is 19.0 Å². The Balaban J connectivity index is 1.60. The summed E-state index contributed by atoms with van der Waals surface area (Å²) in [7, 11) is 0. The molecule has 2 N–H and O–H groups in total. The number of hydrogen-bond acceptors (Lipinski definition) is 3. The van der Waals surface area contributed by atoms with Crippen LogP contribution in [0, 0.1) is 11.6 Å². The smallest absolute Gasteiger partial charge is 0.257 e. The Hall–Kier alpha value is -4.11. The van der Waals surface area contributed by atoms with E-state index in [2.05, 4.69) is 26.6 Å². The molecule has 4 aromatic rings. The van der Waals surface area contributed by atoms with E-state index < -0.39 is 28.8 Å². The molecule has 0 saturated carbocycles. The maximum Gasteiger partial charge on any atom is 0.257 e. The van der Waals surface area contributed by atoms with Gasteiger partial charge in [0.1, 0.15) is 17.3 Å². The zero-order valence-corrected chi connectivity index (χ0v) is 19.0. The van der Waals surface area contributed by atoms with Gasteiger partial charge in [0.05, 0.1) is 11.3 Å². The van der Waals surface area contributed by atoms with Gasteiger partial charge < -0.3 is 10.6 Å². The number of aromatic nitrogens is 1. The average molecular weight is 524 g/mol. The van der Waals surface area contributed by atoms with Crippen molar-refractivity contribution in [1.82, 2.24) is 4.57 Å². The second-order valence-corrected chi connectivity index (χ2v) is 8.02. The topological polar surface area (TPSA) is 80.2 Å². The van der Waals surface area contributed by atoms with Crippen molar-refractivity contribution in [3.63, 3.8) is 0 Å². The molecule has 0 aliphatic heterocycles. The number of carbonyl (C=O) groups excluding carboxylic acids is 2. The van der Waals surface area contributed by atoms with Crippen molar-refractivity contribution in [1.29, 1.82) is 0 Å². The zero-order valence-electron chi connectivity index (χ0n) is 17.4. The van der Waals surface area contributed by atoms with Crippen molar-refractivity contribution in [3.05, 3.63) is 123 Å². The molecule has 1 heterocycles. The predicted molar refractivity (Wildman–Crippen MR) is 128 cm³/mol. The number of carbonyl (C=O) groups is 2. The van der Waals surface area contributed by atoms with Crippen LogP contribution in [0.25, 0.3) is 5.69 Å². The van der Waals surface area contributed by atoms with E-state index in [1.807, 2.05) is 6.07 Å². The van der Waals surface area contributed by atoms with Crippen LogP contribution < -0.4 is 16.2 Å². The normalized spacial score (nSPS) is 10.6. The van der Waals surface area contributed by atoms with Crippen LogP contribution in [-0.4, -0.2) is 16.4 Å². The molecule has 4 rings (SSSR count). The highest BCUT2D eigenvalue weighted by molar-refractivity contribution is 9.10. The number of benzene rings is 3. The summed E-state index contributed by atoms with van der Waals surface area (Å²) >= 11 is 3.33. The number of anilines is 2. The first-order valence-corrected chi connectivity index (χ1v) is 10.8. The van der Waals surface area contributed by atoms with E-state index in [1.54, 1.807) is 36.4 Å². The van der Waals surface area contributed by atoms with Crippen molar-refractivity contribution in [2.75, 3.05) is 10.6 Å². The number of para-hydroxylation sites is 2. The lowest BCUT2D eigenvalue weighted by Gasteiger charge is -2.12. The van der Waals surface area contributed by atoms with E-state index in [9.17, 15) is 23.2 Å². The largest absolute Gasteiger partial charge is 0.322 e. The first-order chi connectivity index (χ1) is 16.3. The zero-order chi connectivity index (χ0) is 24.2. The minimum Gasteiger partial charge on any atom is -0.322 e. The third kappa shape index (κ3) is 4.94. The third-order valence-corrected chi connectivity index (χ3v) is 5.55. The number of nitrogens with zero attached hydrogens (tertiary/aromatic N) is 1. The number of nitrogens with one attached hydrogen (secondary N) is 2. The molecule has 0 unspecified atom stereocenters. The van der Waals surface area contributed by atoms with Crippen LogP contribution in [0.15, 0.2) is 94.3 Å². The minimum absolute atomic E-state index is 0.0201. The van der Waals surface area contributed by atoms with Gasteiger partial charge in [-0.2, -0.15) is 0 Å². The fourth-order valence-corrected chi connectivity index (χ4v) is 3.54. The molecule has 3 aromatic carbocycles. The number of pyridine rings is 1. The van der Waals surface area contributed by atoms with Gasteiger partial charge in [0.25, 0.3) is 17.4 Å². The molecule has 2 amide bonds. The molecule has 0 aliphatic carbocycles. The molecule has 6 nitrogen and oxygen atoms in total. The maximum atomic E-state index is 14.2. The molecule has 1 aromatic heterocycles. The highest BCUT2D eigenvalue weighted by Crippen LogP contribution is 2.25. The number of amides is 2. The summed E-state index contributed by atoms with van der Waals surface area (Å²) in [5, 5.41) is 5.40. The molecule has 9 heteroatoms. The summed E-state index contributed by atoms with van der Waals surface area (Å²) in [4.78, 5) is 37.7. The van der Waals surface area contributed by atoms with Crippen molar-refractivity contribution < 1.29 is 18.4 Å². The van der Waals surface area contributed by atoms with Crippen LogP contribution >= 0.6 is 15.9 Å². The lowest BCUT2D eigenvalue weighted by Crippen LogP contribution is -2.22. The molecule has 170 valence electrons. The second-order valence-electron chi connectivity index (χ2n) is 7.17. The third-order valence-electron chi connectivity index (χ3n) is 4.86. The average Bonchev–Trinajstić information content (AvgIpc) is 2.82. The lowest BCUT2D eigenvalue weighted by molar-refractivity contribution is 0.101. The van der Waals surface area contributed by atoms with E-state index in [4.69, 9.17) is 0 Å². The first-order valence-electron chi connectivity index (χ1n) is 9.98. The molecule has 34 heavy (non-hydrogen) atoms. The monoisotopic (exact) mass is 523 g/mol. The molecule has 0 radical (unpaired) electrons.